The van der Waals surface area contributed by atoms with Gasteiger partial charge in [-0.25, -0.2) is 0 Å². The fourth-order valence-corrected chi connectivity index (χ4v) is 2.32. The van der Waals surface area contributed by atoms with Crippen LogP contribution in [0.15, 0.2) is 24.3 Å². The van der Waals surface area contributed by atoms with Gasteiger partial charge >= 0.3 is 0 Å². The number of piperidine rings is 1. The Bertz CT molecular complexity index is 448. The number of benzene rings is 1. The van der Waals surface area contributed by atoms with Crippen molar-refractivity contribution < 1.29 is 14.6 Å². The van der Waals surface area contributed by atoms with Crippen molar-refractivity contribution in [2.75, 3.05) is 13.1 Å². The first-order chi connectivity index (χ1) is 10.2. The summed E-state index contributed by atoms with van der Waals surface area (Å²) in [6.45, 7) is 7.73. The largest absolute Gasteiger partial charge is 0.462 e. The van der Waals surface area contributed by atoms with Gasteiger partial charge in [-0.1, -0.05) is 23.7 Å². The van der Waals surface area contributed by atoms with Gasteiger partial charge in [-0.3, -0.25) is 4.79 Å². The predicted molar refractivity (Wildman–Crippen MR) is 89.1 cm³/mol. The summed E-state index contributed by atoms with van der Waals surface area (Å²) in [5.41, 5.74) is 0.310. The molecule has 0 saturated carbocycles. The lowest BCUT2D eigenvalue weighted by atomic mass is 9.86. The molecule has 0 aliphatic carbocycles. The van der Waals surface area contributed by atoms with Gasteiger partial charge in [0.25, 0.3) is 6.47 Å². The van der Waals surface area contributed by atoms with Gasteiger partial charge in [0, 0.05) is 11.4 Å². The van der Waals surface area contributed by atoms with Crippen molar-refractivity contribution in [3.05, 3.63) is 34.9 Å². The zero-order valence-corrected chi connectivity index (χ0v) is 14.3. The van der Waals surface area contributed by atoms with Crippen molar-refractivity contribution in [1.82, 2.24) is 5.32 Å². The highest BCUT2D eigenvalue weighted by atomic mass is 35.5. The number of halogens is 1. The molecule has 0 bridgehead atoms. The van der Waals surface area contributed by atoms with Crippen molar-refractivity contribution in [3.63, 3.8) is 0 Å². The Morgan fingerprint density at radius 1 is 1.27 bits per heavy atom. The number of ether oxygens (including phenoxy) is 1. The molecule has 4 nitrogen and oxygen atoms in total. The number of carbonyl (C=O) groups is 1. The van der Waals surface area contributed by atoms with Gasteiger partial charge in [0.2, 0.25) is 0 Å². The van der Waals surface area contributed by atoms with Crippen LogP contribution in [0.4, 0.5) is 0 Å². The third kappa shape index (κ3) is 7.78. The lowest BCUT2D eigenvalue weighted by Gasteiger charge is -2.32. The molecule has 5 heteroatoms. The number of hydrogen-bond acceptors (Lipinski definition) is 4. The van der Waals surface area contributed by atoms with Gasteiger partial charge in [-0.05, 0) is 64.4 Å². The zero-order chi connectivity index (χ0) is 16.6. The summed E-state index contributed by atoms with van der Waals surface area (Å²) in [7, 11) is 0. The third-order valence-electron chi connectivity index (χ3n) is 3.38. The van der Waals surface area contributed by atoms with E-state index in [1.54, 1.807) is 0 Å². The van der Waals surface area contributed by atoms with E-state index < -0.39 is 5.60 Å². The maximum Gasteiger partial charge on any atom is 0.293 e. The monoisotopic (exact) mass is 327 g/mol. The number of aliphatic hydroxyl groups is 1. The van der Waals surface area contributed by atoms with E-state index in [4.69, 9.17) is 11.6 Å². The summed E-state index contributed by atoms with van der Waals surface area (Å²) < 4.78 is 4.55. The first-order valence-corrected chi connectivity index (χ1v) is 7.91. The van der Waals surface area contributed by atoms with Gasteiger partial charge < -0.3 is 15.2 Å². The highest BCUT2D eigenvalue weighted by molar-refractivity contribution is 6.30. The molecule has 2 rings (SSSR count). The molecule has 2 N–H and O–H groups in total. The molecule has 22 heavy (non-hydrogen) atoms. The molecule has 124 valence electrons. The second-order valence-electron chi connectivity index (χ2n) is 6.60. The molecule has 1 aromatic carbocycles. The highest BCUT2D eigenvalue weighted by Gasteiger charge is 2.28. The molecule has 1 heterocycles. The van der Waals surface area contributed by atoms with Crippen LogP contribution in [0, 0.1) is 0 Å². The summed E-state index contributed by atoms with van der Waals surface area (Å²) in [6, 6.07) is 7.73. The molecule has 0 amide bonds. The normalized spacial score (nSPS) is 17.1. The van der Waals surface area contributed by atoms with Crippen molar-refractivity contribution in [3.8, 4) is 0 Å². The molecule has 1 saturated heterocycles. The third-order valence-corrected chi connectivity index (χ3v) is 3.63. The Morgan fingerprint density at radius 2 is 1.82 bits per heavy atom. The minimum absolute atomic E-state index is 0.318. The standard InChI is InChI=1S/C12H16ClNO.C5H10O2/c13-11-3-1-10(2-4-11)9-12(15)5-7-14-8-6-12;1-5(2,3)7-4-6/h1-4,14-15H,5-9H2;4H,1-3H3. The molecular weight excluding hydrogens is 302 g/mol. The molecule has 1 aliphatic rings. The van der Waals surface area contributed by atoms with Crippen molar-refractivity contribution >= 4 is 18.1 Å². The Labute approximate surface area is 137 Å². The summed E-state index contributed by atoms with van der Waals surface area (Å²) in [6.07, 6.45) is 2.39. The smallest absolute Gasteiger partial charge is 0.293 e. The Hall–Kier alpha value is -1.10. The van der Waals surface area contributed by atoms with Crippen LogP contribution in [0.25, 0.3) is 0 Å². The maximum absolute atomic E-state index is 10.3. The number of nitrogens with one attached hydrogen (secondary N) is 1. The van der Waals surface area contributed by atoms with Crippen LogP contribution in [0.2, 0.25) is 5.02 Å². The molecule has 0 radical (unpaired) electrons. The van der Waals surface area contributed by atoms with Crippen LogP contribution in [0.3, 0.4) is 0 Å². The number of carbonyl (C=O) groups excluding carboxylic acids is 1. The van der Waals surface area contributed by atoms with E-state index in [0.717, 1.165) is 42.9 Å². The molecule has 1 aromatic rings. The fraction of sp³-hybridized carbons (Fsp3) is 0.588. The Kier molecular flexibility index (Phi) is 7.33. The zero-order valence-electron chi connectivity index (χ0n) is 13.6. The number of rotatable bonds is 3. The van der Waals surface area contributed by atoms with Crippen molar-refractivity contribution in [2.45, 2.75) is 51.2 Å². The summed E-state index contributed by atoms with van der Waals surface area (Å²) >= 11 is 5.82. The molecule has 1 aliphatic heterocycles. The fourth-order valence-electron chi connectivity index (χ4n) is 2.20. The summed E-state index contributed by atoms with van der Waals surface area (Å²) in [4.78, 5) is 9.60. The van der Waals surface area contributed by atoms with Crippen LogP contribution in [-0.2, 0) is 16.0 Å². The Balaban J connectivity index is 0.000000295. The Morgan fingerprint density at radius 3 is 2.23 bits per heavy atom. The van der Waals surface area contributed by atoms with Crippen molar-refractivity contribution in [1.29, 1.82) is 0 Å². The first kappa shape index (κ1) is 18.9. The minimum Gasteiger partial charge on any atom is -0.462 e. The van der Waals surface area contributed by atoms with Gasteiger partial charge in [0.05, 0.1) is 5.60 Å². The first-order valence-electron chi connectivity index (χ1n) is 7.53. The summed E-state index contributed by atoms with van der Waals surface area (Å²) in [5.74, 6) is 0. The van der Waals surface area contributed by atoms with Crippen LogP contribution in [-0.4, -0.2) is 35.9 Å². The van der Waals surface area contributed by atoms with Crippen LogP contribution in [0.5, 0.6) is 0 Å². The second-order valence-corrected chi connectivity index (χ2v) is 7.04. The molecule has 0 spiro atoms. The van der Waals surface area contributed by atoms with Gasteiger partial charge in [0.15, 0.2) is 0 Å². The van der Waals surface area contributed by atoms with Crippen molar-refractivity contribution in [2.24, 2.45) is 0 Å². The van der Waals surface area contributed by atoms with Gasteiger partial charge in [-0.2, -0.15) is 0 Å². The van der Waals surface area contributed by atoms with E-state index in [1.165, 1.54) is 0 Å². The molecule has 0 unspecified atom stereocenters. The SMILES string of the molecule is CC(C)(C)OC=O.OC1(Cc2ccc(Cl)cc2)CCNCC1. The number of hydrogen-bond donors (Lipinski definition) is 2. The van der Waals surface area contributed by atoms with Crippen LogP contribution in [0.1, 0.15) is 39.2 Å². The van der Waals surface area contributed by atoms with E-state index in [9.17, 15) is 9.90 Å². The average molecular weight is 328 g/mol. The van der Waals surface area contributed by atoms with E-state index in [2.05, 4.69) is 10.1 Å². The van der Waals surface area contributed by atoms with E-state index in [1.807, 2.05) is 45.0 Å². The lowest BCUT2D eigenvalue weighted by Crippen LogP contribution is -2.43. The minimum atomic E-state index is -0.529. The average Bonchev–Trinajstić information content (AvgIpc) is 2.41. The quantitative estimate of drug-likeness (QED) is 0.838. The molecular formula is C17H26ClNO3. The van der Waals surface area contributed by atoms with Crippen LogP contribution < -0.4 is 5.32 Å². The summed E-state index contributed by atoms with van der Waals surface area (Å²) in [5, 5.41) is 14.3. The van der Waals surface area contributed by atoms with Gasteiger partial charge in [0.1, 0.15) is 5.60 Å². The predicted octanol–water partition coefficient (Wildman–Crippen LogP) is 2.95. The van der Waals surface area contributed by atoms with E-state index in [-0.39, 0.29) is 5.60 Å². The van der Waals surface area contributed by atoms with Crippen LogP contribution >= 0.6 is 11.6 Å². The lowest BCUT2D eigenvalue weighted by molar-refractivity contribution is -0.138. The maximum atomic E-state index is 10.3. The second kappa shape index (κ2) is 8.51. The highest BCUT2D eigenvalue weighted by Crippen LogP contribution is 2.23. The molecule has 0 aromatic heterocycles. The van der Waals surface area contributed by atoms with Gasteiger partial charge in [-0.15, -0.1) is 0 Å². The molecule has 1 fully saturated rings. The van der Waals surface area contributed by atoms with E-state index >= 15 is 0 Å². The topological polar surface area (TPSA) is 58.6 Å². The van der Waals surface area contributed by atoms with E-state index in [0.29, 0.717) is 6.47 Å². The molecule has 0 atom stereocenters.